The highest BCUT2D eigenvalue weighted by Gasteiger charge is 2.42. The molecular formula is C30H41N5O4. The third kappa shape index (κ3) is 6.64. The molecule has 9 nitrogen and oxygen atoms in total. The Kier molecular flexibility index (Phi) is 7.82. The SMILES string of the molecule is CC1Oc2ccccc2N(CC(=O)N2CC(C)(C)CC(C)(C)C2)C(=O)C1NC(=O)Nc1cccc(N(C)C)c1. The first-order valence-corrected chi connectivity index (χ1v) is 13.4. The van der Waals surface area contributed by atoms with E-state index in [0.717, 1.165) is 12.1 Å². The quantitative estimate of drug-likeness (QED) is 0.594. The first kappa shape index (κ1) is 28.3. The maximum absolute atomic E-state index is 13.9. The summed E-state index contributed by atoms with van der Waals surface area (Å²) in [4.78, 5) is 45.9. The highest BCUT2D eigenvalue weighted by molar-refractivity contribution is 6.05. The zero-order valence-electron chi connectivity index (χ0n) is 24.1. The number of hydrogen-bond donors (Lipinski definition) is 2. The second-order valence-corrected chi connectivity index (χ2v) is 12.5. The second kappa shape index (κ2) is 10.8. The number of para-hydroxylation sites is 2. The molecule has 210 valence electrons. The van der Waals surface area contributed by atoms with Gasteiger partial charge in [-0.2, -0.15) is 0 Å². The standard InChI is InChI=1S/C30H41N5O4/c1-20-26(32-28(38)31-21-11-10-12-22(15-21)33(6)7)27(37)35(23-13-8-9-14-24(23)39-20)16-25(36)34-18-29(2,3)17-30(4,5)19-34/h8-15,20,26H,16-19H2,1-7H3,(H2,31,32,38). The Balaban J connectivity index is 1.56. The smallest absolute Gasteiger partial charge is 0.320 e. The average molecular weight is 536 g/mol. The molecule has 39 heavy (non-hydrogen) atoms. The van der Waals surface area contributed by atoms with Crippen molar-refractivity contribution in [3.05, 3.63) is 48.5 Å². The van der Waals surface area contributed by atoms with Crippen LogP contribution in [0.25, 0.3) is 0 Å². The van der Waals surface area contributed by atoms with E-state index in [1.165, 1.54) is 4.90 Å². The van der Waals surface area contributed by atoms with Crippen molar-refractivity contribution >= 4 is 34.9 Å². The van der Waals surface area contributed by atoms with Gasteiger partial charge in [-0.25, -0.2) is 4.79 Å². The number of fused-ring (bicyclic) bond motifs is 1. The minimum absolute atomic E-state index is 0.0260. The number of carbonyl (C=O) groups excluding carboxylic acids is 3. The number of piperidine rings is 1. The minimum Gasteiger partial charge on any atom is -0.486 e. The van der Waals surface area contributed by atoms with Gasteiger partial charge in [0.1, 0.15) is 24.4 Å². The number of urea groups is 1. The molecule has 9 heteroatoms. The van der Waals surface area contributed by atoms with E-state index in [-0.39, 0.29) is 23.3 Å². The van der Waals surface area contributed by atoms with E-state index >= 15 is 0 Å². The lowest BCUT2D eigenvalue weighted by Crippen LogP contribution is -2.57. The molecule has 1 fully saturated rings. The molecule has 2 unspecified atom stereocenters. The summed E-state index contributed by atoms with van der Waals surface area (Å²) in [6.45, 7) is 11.5. The van der Waals surface area contributed by atoms with Gasteiger partial charge in [0.05, 0.1) is 5.69 Å². The van der Waals surface area contributed by atoms with Crippen molar-refractivity contribution in [1.82, 2.24) is 10.2 Å². The van der Waals surface area contributed by atoms with Gasteiger partial charge in [0, 0.05) is 38.6 Å². The number of ether oxygens (including phenoxy) is 1. The van der Waals surface area contributed by atoms with Crippen molar-refractivity contribution in [2.45, 2.75) is 53.2 Å². The van der Waals surface area contributed by atoms with Crippen LogP contribution in [-0.4, -0.2) is 68.6 Å². The first-order chi connectivity index (χ1) is 18.2. The fourth-order valence-electron chi connectivity index (χ4n) is 5.96. The molecule has 2 aromatic carbocycles. The summed E-state index contributed by atoms with van der Waals surface area (Å²) in [5.74, 6) is -0.0281. The molecule has 4 rings (SSSR count). The van der Waals surface area contributed by atoms with Crippen LogP contribution in [0.2, 0.25) is 0 Å². The molecule has 2 N–H and O–H groups in total. The summed E-state index contributed by atoms with van der Waals surface area (Å²) in [7, 11) is 3.84. The van der Waals surface area contributed by atoms with Crippen molar-refractivity contribution < 1.29 is 19.1 Å². The number of anilines is 3. The molecule has 0 aliphatic carbocycles. The molecule has 2 atom stereocenters. The number of amides is 4. The Hall–Kier alpha value is -3.75. The number of carbonyl (C=O) groups is 3. The lowest BCUT2D eigenvalue weighted by Gasteiger charge is -2.47. The number of nitrogens with one attached hydrogen (secondary N) is 2. The van der Waals surface area contributed by atoms with Gasteiger partial charge in [-0.05, 0) is 54.5 Å². The predicted molar refractivity (Wildman–Crippen MR) is 154 cm³/mol. The number of hydrogen-bond acceptors (Lipinski definition) is 5. The summed E-state index contributed by atoms with van der Waals surface area (Å²) >= 11 is 0. The molecule has 0 aromatic heterocycles. The molecule has 0 spiro atoms. The fourth-order valence-corrected chi connectivity index (χ4v) is 5.96. The number of benzene rings is 2. The van der Waals surface area contributed by atoms with E-state index in [0.29, 0.717) is 30.2 Å². The summed E-state index contributed by atoms with van der Waals surface area (Å²) in [5, 5.41) is 5.61. The maximum Gasteiger partial charge on any atom is 0.320 e. The third-order valence-electron chi connectivity index (χ3n) is 7.22. The van der Waals surface area contributed by atoms with Gasteiger partial charge >= 0.3 is 6.03 Å². The first-order valence-electron chi connectivity index (χ1n) is 13.4. The molecule has 4 amide bonds. The van der Waals surface area contributed by atoms with Crippen molar-refractivity contribution in [2.24, 2.45) is 10.8 Å². The van der Waals surface area contributed by atoms with Gasteiger partial charge in [0.15, 0.2) is 0 Å². The van der Waals surface area contributed by atoms with Crippen molar-refractivity contribution in [3.8, 4) is 5.75 Å². The molecule has 1 saturated heterocycles. The zero-order chi connectivity index (χ0) is 28.5. The zero-order valence-corrected chi connectivity index (χ0v) is 24.1. The average Bonchev–Trinajstić information content (AvgIpc) is 2.92. The van der Waals surface area contributed by atoms with Crippen LogP contribution in [-0.2, 0) is 9.59 Å². The van der Waals surface area contributed by atoms with E-state index in [9.17, 15) is 14.4 Å². The lowest BCUT2D eigenvalue weighted by atomic mass is 9.71. The molecular weight excluding hydrogens is 494 g/mol. The largest absolute Gasteiger partial charge is 0.486 e. The maximum atomic E-state index is 13.9. The topological polar surface area (TPSA) is 94.2 Å². The molecule has 2 aliphatic heterocycles. The summed E-state index contributed by atoms with van der Waals surface area (Å²) < 4.78 is 6.13. The van der Waals surface area contributed by atoms with E-state index in [2.05, 4.69) is 38.3 Å². The van der Waals surface area contributed by atoms with Gasteiger partial charge in [-0.15, -0.1) is 0 Å². The van der Waals surface area contributed by atoms with Crippen molar-refractivity contribution in [2.75, 3.05) is 48.8 Å². The Morgan fingerprint density at radius 3 is 2.36 bits per heavy atom. The molecule has 2 aromatic rings. The molecule has 0 saturated carbocycles. The Morgan fingerprint density at radius 1 is 1.03 bits per heavy atom. The monoisotopic (exact) mass is 535 g/mol. The summed E-state index contributed by atoms with van der Waals surface area (Å²) in [6, 6.07) is 13.1. The number of rotatable bonds is 5. The van der Waals surface area contributed by atoms with Crippen LogP contribution in [0.3, 0.4) is 0 Å². The lowest BCUT2D eigenvalue weighted by molar-refractivity contribution is -0.137. The van der Waals surface area contributed by atoms with Crippen LogP contribution in [0.1, 0.15) is 41.0 Å². The summed E-state index contributed by atoms with van der Waals surface area (Å²) in [6.07, 6.45) is 0.351. The normalized spacial score (nSPS) is 21.8. The van der Waals surface area contributed by atoms with Crippen LogP contribution >= 0.6 is 0 Å². The highest BCUT2D eigenvalue weighted by Crippen LogP contribution is 2.40. The minimum atomic E-state index is -1.00. The Bertz CT molecular complexity index is 1230. The van der Waals surface area contributed by atoms with E-state index < -0.39 is 24.1 Å². The molecule has 0 bridgehead atoms. The Morgan fingerprint density at radius 2 is 1.69 bits per heavy atom. The van der Waals surface area contributed by atoms with E-state index in [1.807, 2.05) is 54.2 Å². The summed E-state index contributed by atoms with van der Waals surface area (Å²) in [5.41, 5.74) is 1.99. The third-order valence-corrected chi connectivity index (χ3v) is 7.22. The highest BCUT2D eigenvalue weighted by atomic mass is 16.5. The predicted octanol–water partition coefficient (Wildman–Crippen LogP) is 4.34. The van der Waals surface area contributed by atoms with E-state index in [1.54, 1.807) is 25.1 Å². The van der Waals surface area contributed by atoms with Crippen LogP contribution in [0.4, 0.5) is 21.9 Å². The number of likely N-dealkylation sites (tertiary alicyclic amines) is 1. The molecule has 2 heterocycles. The van der Waals surface area contributed by atoms with Gasteiger partial charge in [0.25, 0.3) is 5.91 Å². The van der Waals surface area contributed by atoms with Crippen LogP contribution in [0.15, 0.2) is 48.5 Å². The van der Waals surface area contributed by atoms with Gasteiger partial charge < -0.3 is 25.2 Å². The van der Waals surface area contributed by atoms with Gasteiger partial charge in [-0.3, -0.25) is 14.5 Å². The van der Waals surface area contributed by atoms with Crippen molar-refractivity contribution in [1.29, 1.82) is 0 Å². The molecule has 2 aliphatic rings. The molecule has 0 radical (unpaired) electrons. The van der Waals surface area contributed by atoms with Gasteiger partial charge in [0.2, 0.25) is 5.91 Å². The van der Waals surface area contributed by atoms with Crippen LogP contribution in [0, 0.1) is 10.8 Å². The van der Waals surface area contributed by atoms with Gasteiger partial charge in [-0.1, -0.05) is 45.9 Å². The van der Waals surface area contributed by atoms with E-state index in [4.69, 9.17) is 4.74 Å². The fraction of sp³-hybridized carbons (Fsp3) is 0.500. The van der Waals surface area contributed by atoms with Crippen LogP contribution in [0.5, 0.6) is 5.75 Å². The van der Waals surface area contributed by atoms with Crippen molar-refractivity contribution in [3.63, 3.8) is 0 Å². The second-order valence-electron chi connectivity index (χ2n) is 12.5. The van der Waals surface area contributed by atoms with Crippen LogP contribution < -0.4 is 25.2 Å². The Labute approximate surface area is 231 Å². The number of nitrogens with zero attached hydrogens (tertiary/aromatic N) is 3.